The maximum absolute atomic E-state index is 12.1. The molecule has 0 radical (unpaired) electrons. The van der Waals surface area contributed by atoms with Crippen LogP contribution in [0.4, 0.5) is 0 Å². The smallest absolute Gasteiger partial charge is 0.166 e. The molecule has 2 heterocycles. The molecule has 0 bridgehead atoms. The van der Waals surface area contributed by atoms with Crippen LogP contribution < -0.4 is 5.32 Å². The zero-order chi connectivity index (χ0) is 15.3. The van der Waals surface area contributed by atoms with Gasteiger partial charge >= 0.3 is 0 Å². The van der Waals surface area contributed by atoms with Crippen molar-refractivity contribution in [2.75, 3.05) is 36.9 Å². The molecular formula is C13H21ClN2O2S3. The summed E-state index contributed by atoms with van der Waals surface area (Å²) in [6, 6.07) is 3.91. The molecule has 0 spiro atoms. The topological polar surface area (TPSA) is 49.4 Å². The second kappa shape index (κ2) is 8.17. The van der Waals surface area contributed by atoms with Crippen LogP contribution in [-0.2, 0) is 16.4 Å². The van der Waals surface area contributed by atoms with Crippen molar-refractivity contribution in [3.05, 3.63) is 21.3 Å². The van der Waals surface area contributed by atoms with E-state index < -0.39 is 9.84 Å². The largest absolute Gasteiger partial charge is 0.311 e. The summed E-state index contributed by atoms with van der Waals surface area (Å²) < 4.78 is 25.1. The molecule has 1 aromatic heterocycles. The Balaban J connectivity index is 1.80. The first kappa shape index (κ1) is 17.6. The molecule has 4 nitrogen and oxygen atoms in total. The van der Waals surface area contributed by atoms with Gasteiger partial charge in [0, 0.05) is 48.3 Å². The normalized spacial score (nSPS) is 20.8. The number of hydrogen-bond donors (Lipinski definition) is 1. The van der Waals surface area contributed by atoms with Crippen LogP contribution in [-0.4, -0.2) is 55.6 Å². The number of rotatable bonds is 7. The lowest BCUT2D eigenvalue weighted by atomic mass is 10.4. The van der Waals surface area contributed by atoms with Crippen LogP contribution in [0.25, 0.3) is 0 Å². The molecule has 1 unspecified atom stereocenters. The first-order valence-corrected chi connectivity index (χ1v) is 11.1. The summed E-state index contributed by atoms with van der Waals surface area (Å²) in [5.74, 6) is 1.92. The predicted molar refractivity (Wildman–Crippen MR) is 93.2 cm³/mol. The second-order valence-electron chi connectivity index (χ2n) is 4.90. The monoisotopic (exact) mass is 368 g/mol. The van der Waals surface area contributed by atoms with Crippen LogP contribution in [0.1, 0.15) is 11.8 Å². The van der Waals surface area contributed by atoms with E-state index >= 15 is 0 Å². The summed E-state index contributed by atoms with van der Waals surface area (Å²) in [5, 5.41) is 3.04. The Morgan fingerprint density at radius 3 is 2.95 bits per heavy atom. The highest BCUT2D eigenvalue weighted by atomic mass is 35.5. The average Bonchev–Trinajstić information content (AvgIpc) is 2.89. The van der Waals surface area contributed by atoms with Crippen LogP contribution in [0.3, 0.4) is 0 Å². The molecule has 1 N–H and O–H groups in total. The summed E-state index contributed by atoms with van der Waals surface area (Å²) in [5.41, 5.74) is 0. The lowest BCUT2D eigenvalue weighted by Gasteiger charge is -2.34. The van der Waals surface area contributed by atoms with Gasteiger partial charge < -0.3 is 5.32 Å². The fraction of sp³-hybridized carbons (Fsp3) is 0.692. The first-order valence-electron chi connectivity index (χ1n) is 7.01. The molecular weight excluding hydrogens is 348 g/mol. The highest BCUT2D eigenvalue weighted by molar-refractivity contribution is 8.01. The van der Waals surface area contributed by atoms with E-state index in [9.17, 15) is 8.42 Å². The van der Waals surface area contributed by atoms with Crippen molar-refractivity contribution in [2.45, 2.75) is 18.8 Å². The summed E-state index contributed by atoms with van der Waals surface area (Å²) in [7, 11) is -2.99. The maximum Gasteiger partial charge on any atom is 0.166 e. The van der Waals surface area contributed by atoms with Gasteiger partial charge in [-0.25, -0.2) is 8.42 Å². The molecule has 8 heteroatoms. The van der Waals surface area contributed by atoms with Gasteiger partial charge in [0.25, 0.3) is 0 Å². The zero-order valence-electron chi connectivity index (χ0n) is 12.0. The van der Waals surface area contributed by atoms with Crippen molar-refractivity contribution in [3.8, 4) is 0 Å². The number of hydrogen-bond acceptors (Lipinski definition) is 6. The molecule has 1 fully saturated rings. The van der Waals surface area contributed by atoms with Crippen LogP contribution >= 0.6 is 34.7 Å². The van der Waals surface area contributed by atoms with Gasteiger partial charge in [-0.1, -0.05) is 18.5 Å². The molecule has 0 aliphatic carbocycles. The van der Waals surface area contributed by atoms with Crippen LogP contribution in [0.15, 0.2) is 12.1 Å². The molecule has 1 aromatic rings. The highest BCUT2D eigenvalue weighted by Gasteiger charge is 2.32. The van der Waals surface area contributed by atoms with Gasteiger partial charge in [-0.15, -0.1) is 11.3 Å². The molecule has 0 saturated carbocycles. The zero-order valence-corrected chi connectivity index (χ0v) is 15.3. The SMILES string of the molecule is CCS(=O)(=O)C1CSCCN1CCNCc1ccc(Cl)s1. The van der Waals surface area contributed by atoms with E-state index in [0.29, 0.717) is 5.75 Å². The third-order valence-corrected chi connectivity index (χ3v) is 8.07. The minimum atomic E-state index is -2.99. The predicted octanol–water partition coefficient (Wildman–Crippen LogP) is 2.30. The van der Waals surface area contributed by atoms with E-state index in [0.717, 1.165) is 36.3 Å². The Bertz CT molecular complexity index is 547. The Hall–Kier alpha value is 0.210. The number of thiophene rings is 1. The number of sulfone groups is 1. The summed E-state index contributed by atoms with van der Waals surface area (Å²) in [6.07, 6.45) is 0. The molecule has 120 valence electrons. The van der Waals surface area contributed by atoms with E-state index in [2.05, 4.69) is 10.2 Å². The van der Waals surface area contributed by atoms with E-state index in [1.54, 1.807) is 30.0 Å². The van der Waals surface area contributed by atoms with E-state index in [1.807, 2.05) is 12.1 Å². The van der Waals surface area contributed by atoms with Crippen LogP contribution in [0.2, 0.25) is 4.34 Å². The molecule has 1 aliphatic rings. The van der Waals surface area contributed by atoms with Crippen molar-refractivity contribution in [2.24, 2.45) is 0 Å². The van der Waals surface area contributed by atoms with Crippen molar-refractivity contribution >= 4 is 44.5 Å². The summed E-state index contributed by atoms with van der Waals surface area (Å²) in [4.78, 5) is 3.30. The van der Waals surface area contributed by atoms with Gasteiger partial charge in [0.15, 0.2) is 9.84 Å². The first-order chi connectivity index (χ1) is 10.0. The Morgan fingerprint density at radius 1 is 1.48 bits per heavy atom. The van der Waals surface area contributed by atoms with Crippen molar-refractivity contribution in [1.82, 2.24) is 10.2 Å². The molecule has 2 rings (SSSR count). The van der Waals surface area contributed by atoms with Gasteiger partial charge in [0.05, 0.1) is 4.34 Å². The fourth-order valence-electron chi connectivity index (χ4n) is 2.28. The molecule has 1 atom stereocenters. The third kappa shape index (κ3) is 5.11. The third-order valence-electron chi connectivity index (χ3n) is 3.51. The number of nitrogens with zero attached hydrogens (tertiary/aromatic N) is 1. The van der Waals surface area contributed by atoms with Gasteiger partial charge in [-0.3, -0.25) is 4.90 Å². The summed E-state index contributed by atoms with van der Waals surface area (Å²) in [6.45, 7) is 4.91. The van der Waals surface area contributed by atoms with Crippen LogP contribution in [0.5, 0.6) is 0 Å². The molecule has 0 aromatic carbocycles. The quantitative estimate of drug-likeness (QED) is 0.748. The number of halogens is 1. The molecule has 1 aliphatic heterocycles. The van der Waals surface area contributed by atoms with E-state index in [1.165, 1.54) is 4.88 Å². The minimum absolute atomic E-state index is 0.218. The minimum Gasteiger partial charge on any atom is -0.311 e. The Morgan fingerprint density at radius 2 is 2.29 bits per heavy atom. The second-order valence-corrected chi connectivity index (χ2v) is 10.3. The van der Waals surface area contributed by atoms with Gasteiger partial charge in [-0.05, 0) is 12.1 Å². The van der Waals surface area contributed by atoms with E-state index in [4.69, 9.17) is 11.6 Å². The standard InChI is InChI=1S/C13H21ClN2O2S3/c1-2-21(17,18)13-10-19-8-7-16(13)6-5-15-9-11-3-4-12(14)20-11/h3-4,13,15H,2,5-10H2,1H3. The van der Waals surface area contributed by atoms with Gasteiger partial charge in [0.2, 0.25) is 0 Å². The van der Waals surface area contributed by atoms with Gasteiger partial charge in [0.1, 0.15) is 5.37 Å². The van der Waals surface area contributed by atoms with E-state index in [-0.39, 0.29) is 11.1 Å². The van der Waals surface area contributed by atoms with Crippen molar-refractivity contribution in [1.29, 1.82) is 0 Å². The average molecular weight is 369 g/mol. The fourth-order valence-corrected chi connectivity index (χ4v) is 6.44. The van der Waals surface area contributed by atoms with Crippen molar-refractivity contribution < 1.29 is 8.42 Å². The number of thioether (sulfide) groups is 1. The molecule has 1 saturated heterocycles. The maximum atomic E-state index is 12.1. The Kier molecular flexibility index (Phi) is 6.83. The molecule has 21 heavy (non-hydrogen) atoms. The van der Waals surface area contributed by atoms with Gasteiger partial charge in [-0.2, -0.15) is 11.8 Å². The summed E-state index contributed by atoms with van der Waals surface area (Å²) >= 11 is 9.20. The lowest BCUT2D eigenvalue weighted by molar-refractivity contribution is 0.269. The van der Waals surface area contributed by atoms with Crippen molar-refractivity contribution in [3.63, 3.8) is 0 Å². The lowest BCUT2D eigenvalue weighted by Crippen LogP contribution is -2.49. The highest BCUT2D eigenvalue weighted by Crippen LogP contribution is 2.22. The Labute approximate surface area is 140 Å². The van der Waals surface area contributed by atoms with Crippen LogP contribution in [0, 0.1) is 0 Å². The molecule has 0 amide bonds. The number of nitrogens with one attached hydrogen (secondary N) is 1.